The Morgan fingerprint density at radius 2 is 1.97 bits per heavy atom. The van der Waals surface area contributed by atoms with E-state index >= 15 is 0 Å². The number of hydrogen-bond acceptors (Lipinski definition) is 6. The van der Waals surface area contributed by atoms with Crippen molar-refractivity contribution < 1.29 is 9.53 Å². The van der Waals surface area contributed by atoms with Crippen LogP contribution >= 0.6 is 39.9 Å². The number of rotatable bonds is 4. The molecule has 146 valence electrons. The van der Waals surface area contributed by atoms with Gasteiger partial charge < -0.3 is 4.74 Å². The highest BCUT2D eigenvalue weighted by molar-refractivity contribution is 9.10. The summed E-state index contributed by atoms with van der Waals surface area (Å²) < 4.78 is 8.71. The minimum atomic E-state index is -0.329. The van der Waals surface area contributed by atoms with E-state index in [0.717, 1.165) is 16.2 Å². The predicted molar refractivity (Wildman–Crippen MR) is 121 cm³/mol. The zero-order valence-corrected chi connectivity index (χ0v) is 18.4. The van der Waals surface area contributed by atoms with Gasteiger partial charge in [-0.15, -0.1) is 0 Å². The number of pyridine rings is 1. The molecule has 1 saturated heterocycles. The Morgan fingerprint density at radius 3 is 2.66 bits per heavy atom. The van der Waals surface area contributed by atoms with Crippen molar-refractivity contribution >= 4 is 61.9 Å². The molecule has 0 N–H and O–H groups in total. The third-order valence-electron chi connectivity index (χ3n) is 4.23. The largest absolute Gasteiger partial charge is 0.438 e. The molecule has 2 aromatic heterocycles. The van der Waals surface area contributed by atoms with Crippen molar-refractivity contribution in [3.8, 4) is 11.6 Å². The zero-order valence-electron chi connectivity index (χ0n) is 15.2. The summed E-state index contributed by atoms with van der Waals surface area (Å²) >= 11 is 9.81. The lowest BCUT2D eigenvalue weighted by Gasteiger charge is -2.11. The number of halogens is 1. The number of carbonyl (C=O) groups is 1. The van der Waals surface area contributed by atoms with Gasteiger partial charge in [-0.3, -0.25) is 18.9 Å². The number of thioether (sulfide) groups is 1. The van der Waals surface area contributed by atoms with E-state index in [-0.39, 0.29) is 22.9 Å². The van der Waals surface area contributed by atoms with E-state index in [1.165, 1.54) is 15.4 Å². The Labute approximate surface area is 184 Å². The van der Waals surface area contributed by atoms with Crippen LogP contribution in [-0.2, 0) is 4.79 Å². The average Bonchev–Trinajstić information content (AvgIpc) is 2.99. The first kappa shape index (κ1) is 19.8. The lowest BCUT2D eigenvalue weighted by molar-refractivity contribution is -0.121. The predicted octanol–water partition coefficient (Wildman–Crippen LogP) is 4.47. The minimum absolute atomic E-state index is 0.130. The van der Waals surface area contributed by atoms with E-state index in [4.69, 9.17) is 17.0 Å². The first-order chi connectivity index (χ1) is 14.0. The van der Waals surface area contributed by atoms with Crippen LogP contribution in [0.25, 0.3) is 11.7 Å². The van der Waals surface area contributed by atoms with E-state index in [0.29, 0.717) is 27.2 Å². The molecular weight excluding hydrogens is 474 g/mol. The first-order valence-electron chi connectivity index (χ1n) is 8.68. The topological polar surface area (TPSA) is 63.9 Å². The van der Waals surface area contributed by atoms with Crippen LogP contribution in [0.15, 0.2) is 62.8 Å². The Bertz CT molecular complexity index is 1220. The van der Waals surface area contributed by atoms with Crippen LogP contribution in [0.1, 0.15) is 12.5 Å². The lowest BCUT2D eigenvalue weighted by Crippen LogP contribution is -2.27. The van der Waals surface area contributed by atoms with Gasteiger partial charge in [-0.25, -0.2) is 0 Å². The van der Waals surface area contributed by atoms with Crippen LogP contribution in [0.4, 0.5) is 0 Å². The Balaban J connectivity index is 1.87. The highest BCUT2D eigenvalue weighted by atomic mass is 79.9. The van der Waals surface area contributed by atoms with Crippen LogP contribution in [0.2, 0.25) is 0 Å². The van der Waals surface area contributed by atoms with E-state index < -0.39 is 0 Å². The second-order valence-corrected chi connectivity index (χ2v) is 8.64. The third kappa shape index (κ3) is 3.85. The normalized spacial score (nSPS) is 15.5. The molecule has 0 unspecified atom stereocenters. The van der Waals surface area contributed by atoms with Crippen LogP contribution in [0, 0.1) is 0 Å². The van der Waals surface area contributed by atoms with E-state index in [1.807, 2.05) is 19.1 Å². The molecule has 0 spiro atoms. The number of benzene rings is 1. The maximum atomic E-state index is 13.1. The molecule has 29 heavy (non-hydrogen) atoms. The highest BCUT2D eigenvalue weighted by Gasteiger charge is 2.31. The van der Waals surface area contributed by atoms with Gasteiger partial charge in [0.05, 0.1) is 4.91 Å². The van der Waals surface area contributed by atoms with E-state index in [2.05, 4.69) is 20.9 Å². The summed E-state index contributed by atoms with van der Waals surface area (Å²) in [5, 5.41) is 0. The molecule has 3 aromatic rings. The number of fused-ring (bicyclic) bond motifs is 1. The molecule has 6 nitrogen and oxygen atoms in total. The molecule has 1 aliphatic heterocycles. The number of thiocarbonyl (C=S) groups is 1. The molecule has 0 bridgehead atoms. The number of ether oxygens (including phenoxy) is 1. The van der Waals surface area contributed by atoms with Crippen molar-refractivity contribution in [2.45, 2.75) is 6.92 Å². The van der Waals surface area contributed by atoms with Gasteiger partial charge in [0.25, 0.3) is 11.5 Å². The number of amides is 1. The quantitative estimate of drug-likeness (QED) is 0.399. The molecule has 0 atom stereocenters. The summed E-state index contributed by atoms with van der Waals surface area (Å²) in [4.78, 5) is 32.1. The van der Waals surface area contributed by atoms with Crippen molar-refractivity contribution in [2.75, 3.05) is 6.54 Å². The van der Waals surface area contributed by atoms with Crippen molar-refractivity contribution in [1.29, 1.82) is 0 Å². The van der Waals surface area contributed by atoms with Crippen molar-refractivity contribution in [3.05, 3.63) is 74.0 Å². The Kier molecular flexibility index (Phi) is 5.53. The molecule has 4 rings (SSSR count). The maximum absolute atomic E-state index is 13.1. The standard InChI is InChI=1S/C20H14BrN3O3S2/c1-2-23-19(26)15(29-20(23)28)11-14-17(27-13-8-6-12(21)7-9-13)22-16-5-3-4-10-24(16)18(14)25/h3-11H,2H2,1H3. The maximum Gasteiger partial charge on any atom is 0.269 e. The Hall–Kier alpha value is -2.49. The SMILES string of the molecule is CCN1C(=O)C(=Cc2c(Oc3ccc(Br)cc3)nc3ccccn3c2=O)SC1=S. The van der Waals surface area contributed by atoms with Gasteiger partial charge in [-0.05, 0) is 49.4 Å². The van der Waals surface area contributed by atoms with Crippen LogP contribution < -0.4 is 10.3 Å². The van der Waals surface area contributed by atoms with Crippen molar-refractivity contribution in [2.24, 2.45) is 0 Å². The van der Waals surface area contributed by atoms with Gasteiger partial charge in [-0.1, -0.05) is 46.0 Å². The fourth-order valence-corrected chi connectivity index (χ4v) is 4.43. The van der Waals surface area contributed by atoms with E-state index in [1.54, 1.807) is 36.5 Å². The van der Waals surface area contributed by atoms with Crippen LogP contribution in [0.5, 0.6) is 11.6 Å². The summed E-state index contributed by atoms with van der Waals surface area (Å²) in [5.41, 5.74) is 0.306. The zero-order chi connectivity index (χ0) is 20.5. The molecular formula is C20H14BrN3O3S2. The van der Waals surface area contributed by atoms with Gasteiger partial charge in [0.15, 0.2) is 0 Å². The van der Waals surface area contributed by atoms with Gasteiger partial charge in [0.1, 0.15) is 21.3 Å². The molecule has 0 aliphatic carbocycles. The number of carbonyl (C=O) groups excluding carboxylic acids is 1. The molecule has 3 heterocycles. The first-order valence-corrected chi connectivity index (χ1v) is 10.7. The monoisotopic (exact) mass is 487 g/mol. The third-order valence-corrected chi connectivity index (χ3v) is 6.13. The fraction of sp³-hybridized carbons (Fsp3) is 0.100. The molecule has 1 fully saturated rings. The molecule has 9 heteroatoms. The van der Waals surface area contributed by atoms with Gasteiger partial charge in [-0.2, -0.15) is 4.98 Å². The minimum Gasteiger partial charge on any atom is -0.438 e. The second kappa shape index (κ2) is 8.10. The summed E-state index contributed by atoms with van der Waals surface area (Å²) in [6.45, 7) is 2.32. The van der Waals surface area contributed by atoms with Gasteiger partial charge in [0, 0.05) is 17.2 Å². The molecule has 1 amide bonds. The molecule has 0 saturated carbocycles. The van der Waals surface area contributed by atoms with Gasteiger partial charge >= 0.3 is 0 Å². The smallest absolute Gasteiger partial charge is 0.269 e. The molecule has 1 aromatic carbocycles. The van der Waals surface area contributed by atoms with Gasteiger partial charge in [0.2, 0.25) is 5.88 Å². The van der Waals surface area contributed by atoms with Crippen LogP contribution in [0.3, 0.4) is 0 Å². The van der Waals surface area contributed by atoms with Crippen molar-refractivity contribution in [1.82, 2.24) is 14.3 Å². The summed E-state index contributed by atoms with van der Waals surface area (Å²) in [7, 11) is 0. The van der Waals surface area contributed by atoms with Crippen molar-refractivity contribution in [3.63, 3.8) is 0 Å². The molecule has 1 aliphatic rings. The fourth-order valence-electron chi connectivity index (χ4n) is 2.80. The van der Waals surface area contributed by atoms with Crippen LogP contribution in [-0.4, -0.2) is 31.1 Å². The van der Waals surface area contributed by atoms with E-state index in [9.17, 15) is 9.59 Å². The number of nitrogens with zero attached hydrogens (tertiary/aromatic N) is 3. The summed E-state index contributed by atoms with van der Waals surface area (Å²) in [6.07, 6.45) is 3.14. The Morgan fingerprint density at radius 1 is 1.21 bits per heavy atom. The average molecular weight is 488 g/mol. The summed E-state index contributed by atoms with van der Waals surface area (Å²) in [6, 6.07) is 12.4. The molecule has 0 radical (unpaired) electrons. The second-order valence-electron chi connectivity index (χ2n) is 6.05. The number of likely N-dealkylation sites (N-methyl/N-ethyl adjacent to an activating group) is 1. The number of aromatic nitrogens is 2. The number of hydrogen-bond donors (Lipinski definition) is 0. The lowest BCUT2D eigenvalue weighted by atomic mass is 10.2. The summed E-state index contributed by atoms with van der Waals surface area (Å²) in [5.74, 6) is 0.427. The highest BCUT2D eigenvalue weighted by Crippen LogP contribution is 2.34.